The normalized spacial score (nSPS) is 11.4. The van der Waals surface area contributed by atoms with Crippen LogP contribution in [-0.4, -0.2) is 23.8 Å². The zero-order chi connectivity index (χ0) is 17.7. The summed E-state index contributed by atoms with van der Waals surface area (Å²) in [6, 6.07) is 10.6. The maximum absolute atomic E-state index is 12.0. The van der Waals surface area contributed by atoms with Crippen LogP contribution in [0.15, 0.2) is 48.7 Å². The summed E-state index contributed by atoms with van der Waals surface area (Å²) in [6.07, 6.45) is 0.0722. The topological polar surface area (TPSA) is 99.4 Å². The van der Waals surface area contributed by atoms with Crippen molar-refractivity contribution in [3.8, 4) is 0 Å². The minimum Gasteiger partial charge on any atom is -0.618 e. The van der Waals surface area contributed by atoms with Crippen LogP contribution in [0.5, 0.6) is 0 Å². The molecule has 1 N–H and O–H groups in total. The smallest absolute Gasteiger partial charge is 0.405 e. The van der Waals surface area contributed by atoms with Gasteiger partial charge in [0.05, 0.1) is 0 Å². The van der Waals surface area contributed by atoms with Crippen molar-refractivity contribution in [2.75, 3.05) is 5.32 Å². The second-order valence-electron chi connectivity index (χ2n) is 5.08. The average Bonchev–Trinajstić information content (AvgIpc) is 2.55. The number of benzene rings is 1. The first-order chi connectivity index (χ1) is 11.4. The number of nitrogens with zero attached hydrogens (tertiary/aromatic N) is 1. The molecule has 0 bridgehead atoms. The van der Waals surface area contributed by atoms with Crippen LogP contribution < -0.4 is 10.0 Å². The van der Waals surface area contributed by atoms with Crippen molar-refractivity contribution in [1.29, 1.82) is 0 Å². The Balaban J connectivity index is 1.98. The van der Waals surface area contributed by atoms with Gasteiger partial charge in [0, 0.05) is 23.4 Å². The first kappa shape index (κ1) is 17.1. The molecule has 0 unspecified atom stereocenters. The van der Waals surface area contributed by atoms with E-state index >= 15 is 0 Å². The molecular formula is C17H16N2O5. The largest absolute Gasteiger partial charge is 0.618 e. The number of rotatable bonds is 5. The second-order valence-corrected chi connectivity index (χ2v) is 5.08. The summed E-state index contributed by atoms with van der Waals surface area (Å²) in [5.74, 6) is -1.52. The first-order valence-electron chi connectivity index (χ1n) is 7.19. The molecule has 1 amide bonds. The standard InChI is InChI=1S/C17H16N2O5/c1-11(20)13-6-8-14(9-7-13)18-16(21)12(2)24-17(22)15-5-3-4-10-19(15)23/h3-10,12H,1-2H3,(H,18,21)/t12-/m0/s1. The molecular weight excluding hydrogens is 312 g/mol. The van der Waals surface area contributed by atoms with E-state index in [1.165, 1.54) is 32.0 Å². The average molecular weight is 328 g/mol. The van der Waals surface area contributed by atoms with E-state index in [-0.39, 0.29) is 11.5 Å². The SMILES string of the molecule is CC(=O)c1ccc(NC(=O)[C@H](C)OC(=O)c2cccc[n+]2[O-])cc1. The number of hydrogen-bond acceptors (Lipinski definition) is 5. The number of Topliss-reactive ketones (excluding diaryl/α,β-unsaturated/α-hetero) is 1. The molecule has 1 atom stereocenters. The van der Waals surface area contributed by atoms with Gasteiger partial charge < -0.3 is 15.3 Å². The fourth-order valence-corrected chi connectivity index (χ4v) is 1.89. The van der Waals surface area contributed by atoms with E-state index in [0.29, 0.717) is 16.0 Å². The molecule has 2 rings (SSSR count). The van der Waals surface area contributed by atoms with Gasteiger partial charge in [-0.25, -0.2) is 4.79 Å². The molecule has 1 aromatic carbocycles. The Morgan fingerprint density at radius 1 is 1.12 bits per heavy atom. The van der Waals surface area contributed by atoms with Gasteiger partial charge in [-0.05, 0) is 44.2 Å². The molecule has 124 valence electrons. The van der Waals surface area contributed by atoms with Crippen LogP contribution in [0.1, 0.15) is 34.7 Å². The van der Waals surface area contributed by atoms with E-state index in [1.54, 1.807) is 24.3 Å². The number of esters is 1. The van der Waals surface area contributed by atoms with E-state index in [9.17, 15) is 19.6 Å². The maximum Gasteiger partial charge on any atom is 0.405 e. The molecule has 0 aliphatic rings. The zero-order valence-corrected chi connectivity index (χ0v) is 13.2. The maximum atomic E-state index is 12.0. The van der Waals surface area contributed by atoms with E-state index in [1.807, 2.05) is 0 Å². The molecule has 0 saturated heterocycles. The first-order valence-corrected chi connectivity index (χ1v) is 7.19. The summed E-state index contributed by atoms with van der Waals surface area (Å²) in [4.78, 5) is 35.1. The number of aromatic nitrogens is 1. The molecule has 1 heterocycles. The molecule has 1 aromatic heterocycles. The number of carbonyl (C=O) groups is 3. The van der Waals surface area contributed by atoms with Gasteiger partial charge in [-0.2, -0.15) is 4.73 Å². The lowest BCUT2D eigenvalue weighted by molar-refractivity contribution is -0.608. The van der Waals surface area contributed by atoms with Crippen molar-refractivity contribution < 1.29 is 23.9 Å². The van der Waals surface area contributed by atoms with Crippen LogP contribution >= 0.6 is 0 Å². The molecule has 0 radical (unpaired) electrons. The highest BCUT2D eigenvalue weighted by atomic mass is 16.6. The van der Waals surface area contributed by atoms with Gasteiger partial charge in [-0.1, -0.05) is 0 Å². The van der Waals surface area contributed by atoms with Crippen molar-refractivity contribution in [2.24, 2.45) is 0 Å². The van der Waals surface area contributed by atoms with Crippen LogP contribution in [0.2, 0.25) is 0 Å². The van der Waals surface area contributed by atoms with Crippen molar-refractivity contribution in [2.45, 2.75) is 20.0 Å². The second kappa shape index (κ2) is 7.36. The van der Waals surface area contributed by atoms with Crippen LogP contribution in [-0.2, 0) is 9.53 Å². The van der Waals surface area contributed by atoms with E-state index in [4.69, 9.17) is 4.74 Å². The summed E-state index contributed by atoms with van der Waals surface area (Å²) in [6.45, 7) is 2.84. The zero-order valence-electron chi connectivity index (χ0n) is 13.2. The Morgan fingerprint density at radius 2 is 1.79 bits per heavy atom. The van der Waals surface area contributed by atoms with Gasteiger partial charge >= 0.3 is 11.7 Å². The van der Waals surface area contributed by atoms with Crippen LogP contribution in [0.25, 0.3) is 0 Å². The minimum atomic E-state index is -1.09. The third-order valence-electron chi connectivity index (χ3n) is 3.25. The fraction of sp³-hybridized carbons (Fsp3) is 0.176. The number of carbonyl (C=O) groups excluding carboxylic acids is 3. The number of hydrogen-bond donors (Lipinski definition) is 1. The summed E-state index contributed by atoms with van der Waals surface area (Å²) in [5, 5.41) is 14.0. The Labute approximate surface area is 138 Å². The number of ether oxygens (including phenoxy) is 1. The predicted octanol–water partition coefficient (Wildman–Crippen LogP) is 1.71. The summed E-state index contributed by atoms with van der Waals surface area (Å²) >= 11 is 0. The Hall–Kier alpha value is -3.22. The fourth-order valence-electron chi connectivity index (χ4n) is 1.89. The minimum absolute atomic E-state index is 0.0797. The molecule has 0 saturated carbocycles. The van der Waals surface area contributed by atoms with Gasteiger partial charge in [0.1, 0.15) is 0 Å². The van der Waals surface area contributed by atoms with Crippen molar-refractivity contribution in [3.05, 3.63) is 65.1 Å². The van der Waals surface area contributed by atoms with Gasteiger partial charge in [-0.15, -0.1) is 0 Å². The number of anilines is 1. The highest BCUT2D eigenvalue weighted by Gasteiger charge is 2.23. The Kier molecular flexibility index (Phi) is 5.26. The summed E-state index contributed by atoms with van der Waals surface area (Å²) in [5.41, 5.74) is 0.783. The molecule has 24 heavy (non-hydrogen) atoms. The van der Waals surface area contributed by atoms with Crippen LogP contribution in [0.4, 0.5) is 5.69 Å². The molecule has 0 aliphatic heterocycles. The van der Waals surface area contributed by atoms with E-state index < -0.39 is 18.0 Å². The lowest BCUT2D eigenvalue weighted by Gasteiger charge is -2.13. The van der Waals surface area contributed by atoms with Crippen molar-refractivity contribution in [1.82, 2.24) is 0 Å². The molecule has 0 fully saturated rings. The van der Waals surface area contributed by atoms with Gasteiger partial charge in [0.15, 0.2) is 18.1 Å². The molecule has 0 aliphatic carbocycles. The lowest BCUT2D eigenvalue weighted by Crippen LogP contribution is -2.37. The van der Waals surface area contributed by atoms with Crippen molar-refractivity contribution in [3.63, 3.8) is 0 Å². The molecule has 0 spiro atoms. The molecule has 7 nitrogen and oxygen atoms in total. The quantitative estimate of drug-likeness (QED) is 0.390. The number of pyridine rings is 1. The van der Waals surface area contributed by atoms with Crippen LogP contribution in [0, 0.1) is 5.21 Å². The lowest BCUT2D eigenvalue weighted by atomic mass is 10.1. The molecule has 2 aromatic rings. The number of ketones is 1. The number of amides is 1. The number of nitrogens with one attached hydrogen (secondary N) is 1. The van der Waals surface area contributed by atoms with E-state index in [0.717, 1.165) is 6.20 Å². The third-order valence-corrected chi connectivity index (χ3v) is 3.25. The Morgan fingerprint density at radius 3 is 2.38 bits per heavy atom. The summed E-state index contributed by atoms with van der Waals surface area (Å²) < 4.78 is 5.36. The summed E-state index contributed by atoms with van der Waals surface area (Å²) in [7, 11) is 0. The molecule has 7 heteroatoms. The van der Waals surface area contributed by atoms with Crippen LogP contribution in [0.3, 0.4) is 0 Å². The van der Waals surface area contributed by atoms with E-state index in [2.05, 4.69) is 5.32 Å². The monoisotopic (exact) mass is 328 g/mol. The predicted molar refractivity (Wildman–Crippen MR) is 85.4 cm³/mol. The third kappa shape index (κ3) is 4.16. The Bertz CT molecular complexity index is 771. The van der Waals surface area contributed by atoms with Gasteiger partial charge in [0.25, 0.3) is 5.91 Å². The van der Waals surface area contributed by atoms with Gasteiger partial charge in [0.2, 0.25) is 0 Å². The highest BCUT2D eigenvalue weighted by Crippen LogP contribution is 2.11. The van der Waals surface area contributed by atoms with Crippen molar-refractivity contribution >= 4 is 23.3 Å². The highest BCUT2D eigenvalue weighted by molar-refractivity contribution is 5.98. The van der Waals surface area contributed by atoms with Gasteiger partial charge in [-0.3, -0.25) is 9.59 Å².